The monoisotopic (exact) mass is 611 g/mol. The van der Waals surface area contributed by atoms with E-state index in [-0.39, 0.29) is 12.3 Å². The van der Waals surface area contributed by atoms with Crippen LogP contribution in [0, 0.1) is 5.41 Å². The van der Waals surface area contributed by atoms with Crippen molar-refractivity contribution in [3.63, 3.8) is 0 Å². The van der Waals surface area contributed by atoms with Crippen LogP contribution in [-0.2, 0) is 11.3 Å². The molecule has 176 valence electrons. The molecule has 1 aliphatic heterocycles. The van der Waals surface area contributed by atoms with Crippen LogP contribution < -0.4 is 15.4 Å². The van der Waals surface area contributed by atoms with Crippen LogP contribution in [0.15, 0.2) is 30.3 Å². The number of fused-ring (bicyclic) bond motifs is 1. The predicted octanol–water partition coefficient (Wildman–Crippen LogP) is 5.52. The first-order chi connectivity index (χ1) is 15.5. The van der Waals surface area contributed by atoms with Crippen LogP contribution in [0.3, 0.4) is 0 Å². The van der Waals surface area contributed by atoms with Crippen LogP contribution >= 0.6 is 41.9 Å². The maximum absolute atomic E-state index is 12.9. The average Bonchev–Trinajstić information content (AvgIpc) is 3.02. The molecular formula is C20H18ClF3IN5O2S. The fourth-order valence-electron chi connectivity index (χ4n) is 3.42. The molecule has 0 aromatic heterocycles. The smallest absolute Gasteiger partial charge is 0.355 e. The molecule has 0 fully saturated rings. The van der Waals surface area contributed by atoms with Crippen LogP contribution in [0.5, 0.6) is 0 Å². The third-order valence-electron chi connectivity index (χ3n) is 4.73. The fraction of sp³-hybridized carbons (Fsp3) is 0.250. The van der Waals surface area contributed by atoms with E-state index in [1.165, 1.54) is 14.0 Å². The maximum Gasteiger partial charge on any atom is 0.405 e. The number of hydrogen-bond donors (Lipinski definition) is 4. The zero-order valence-electron chi connectivity index (χ0n) is 17.1. The molecule has 2 amide bonds. The van der Waals surface area contributed by atoms with Crippen LogP contribution in [0.25, 0.3) is 0 Å². The molecule has 1 aliphatic rings. The normalized spacial score (nSPS) is 13.0. The summed E-state index contributed by atoms with van der Waals surface area (Å²) in [4.78, 5) is 26.0. The Labute approximate surface area is 209 Å². The van der Waals surface area contributed by atoms with E-state index in [0.29, 0.717) is 38.8 Å². The number of nitrogens with one attached hydrogen (secondary N) is 4. The summed E-state index contributed by atoms with van der Waals surface area (Å²) in [6, 6.07) is 8.54. The Morgan fingerprint density at radius 3 is 2.67 bits per heavy atom. The van der Waals surface area contributed by atoms with Gasteiger partial charge in [0.2, 0.25) is 5.91 Å². The summed E-state index contributed by atoms with van der Waals surface area (Å²) in [6.45, 7) is -0.206. The Morgan fingerprint density at radius 1 is 1.30 bits per heavy atom. The SMILES string of the molecule is CC(=N)c1c(Cl)cc(Nc2cccc3c2C(=O)N(CC(=O)NCC(F)(F)F)C3)cc1NSI. The van der Waals surface area contributed by atoms with E-state index in [9.17, 15) is 22.8 Å². The minimum Gasteiger partial charge on any atom is -0.355 e. The molecule has 7 nitrogen and oxygen atoms in total. The zero-order valence-corrected chi connectivity index (χ0v) is 20.8. The Hall–Kier alpha value is -2.19. The molecule has 0 atom stereocenters. The maximum atomic E-state index is 12.9. The lowest BCUT2D eigenvalue weighted by molar-refractivity contribution is -0.138. The highest BCUT2D eigenvalue weighted by atomic mass is 127. The summed E-state index contributed by atoms with van der Waals surface area (Å²) in [5.41, 5.74) is 3.49. The molecule has 0 spiro atoms. The molecule has 1 heterocycles. The summed E-state index contributed by atoms with van der Waals surface area (Å²) in [5.74, 6) is -1.35. The van der Waals surface area contributed by atoms with Gasteiger partial charge in [-0.3, -0.25) is 9.59 Å². The summed E-state index contributed by atoms with van der Waals surface area (Å²) < 4.78 is 40.0. The molecule has 3 rings (SSSR count). The number of carbonyl (C=O) groups excluding carboxylic acids is 2. The minimum absolute atomic E-state index is 0.105. The molecule has 0 unspecified atom stereocenters. The molecule has 0 saturated carbocycles. The Balaban J connectivity index is 1.82. The van der Waals surface area contributed by atoms with Gasteiger partial charge in [-0.2, -0.15) is 13.2 Å². The zero-order chi connectivity index (χ0) is 24.3. The van der Waals surface area contributed by atoms with Crippen LogP contribution in [0.2, 0.25) is 5.02 Å². The molecule has 4 N–H and O–H groups in total. The van der Waals surface area contributed by atoms with Gasteiger partial charge in [-0.1, -0.05) is 23.7 Å². The lowest BCUT2D eigenvalue weighted by Gasteiger charge is -2.17. The molecule has 0 radical (unpaired) electrons. The number of nitrogens with zero attached hydrogens (tertiary/aromatic N) is 1. The minimum atomic E-state index is -4.53. The van der Waals surface area contributed by atoms with E-state index in [1.54, 1.807) is 42.6 Å². The van der Waals surface area contributed by atoms with Gasteiger partial charge in [0.25, 0.3) is 5.91 Å². The van der Waals surface area contributed by atoms with Crippen molar-refractivity contribution in [2.45, 2.75) is 19.6 Å². The number of alkyl halides is 3. The van der Waals surface area contributed by atoms with E-state index >= 15 is 0 Å². The highest BCUT2D eigenvalue weighted by molar-refractivity contribution is 14.2. The standard InChI is InChI=1S/C20H18ClF3IN5O2S/c1-10(26)17-13(21)5-12(6-15(17)29-33-25)28-14-4-2-3-11-7-30(19(32)18(11)14)8-16(31)27-9-20(22,23)24/h2-6,26,28-29H,7-9H2,1H3,(H,27,31). The van der Waals surface area contributed by atoms with E-state index in [0.717, 1.165) is 0 Å². The Kier molecular flexibility index (Phi) is 8.00. The van der Waals surface area contributed by atoms with Crippen molar-refractivity contribution >= 4 is 76.5 Å². The van der Waals surface area contributed by atoms with Gasteiger partial charge in [0, 0.05) is 53.8 Å². The summed E-state index contributed by atoms with van der Waals surface area (Å²) in [7, 11) is 1.31. The summed E-state index contributed by atoms with van der Waals surface area (Å²) >= 11 is 8.44. The van der Waals surface area contributed by atoms with E-state index < -0.39 is 31.1 Å². The molecular weight excluding hydrogens is 594 g/mol. The van der Waals surface area contributed by atoms with Gasteiger partial charge in [-0.05, 0) is 30.7 Å². The summed E-state index contributed by atoms with van der Waals surface area (Å²) in [5, 5.41) is 13.2. The number of benzene rings is 2. The van der Waals surface area contributed by atoms with Gasteiger partial charge in [0.05, 0.1) is 22.0 Å². The van der Waals surface area contributed by atoms with Crippen molar-refractivity contribution < 1.29 is 22.8 Å². The number of halogens is 5. The molecule has 0 aliphatic carbocycles. The lowest BCUT2D eigenvalue weighted by atomic mass is 10.1. The number of amides is 2. The van der Waals surface area contributed by atoms with Gasteiger partial charge < -0.3 is 25.7 Å². The number of hydrogen-bond acceptors (Lipinski definition) is 6. The van der Waals surface area contributed by atoms with E-state index in [1.807, 2.05) is 0 Å². The van der Waals surface area contributed by atoms with Crippen LogP contribution in [-0.4, -0.2) is 41.7 Å². The van der Waals surface area contributed by atoms with Crippen LogP contribution in [0.1, 0.15) is 28.4 Å². The van der Waals surface area contributed by atoms with Gasteiger partial charge in [-0.15, -0.1) is 0 Å². The number of anilines is 3. The predicted molar refractivity (Wildman–Crippen MR) is 133 cm³/mol. The van der Waals surface area contributed by atoms with Crippen molar-refractivity contribution in [1.82, 2.24) is 10.2 Å². The van der Waals surface area contributed by atoms with Gasteiger partial charge >= 0.3 is 6.18 Å². The third-order valence-corrected chi connectivity index (χ3v) is 5.98. The molecule has 0 saturated heterocycles. The fourth-order valence-corrected chi connectivity index (χ4v) is 4.73. The topological polar surface area (TPSA) is 97.3 Å². The van der Waals surface area contributed by atoms with Crippen molar-refractivity contribution in [3.8, 4) is 0 Å². The first kappa shape index (κ1) is 25.4. The average molecular weight is 612 g/mol. The molecule has 0 bridgehead atoms. The highest BCUT2D eigenvalue weighted by Gasteiger charge is 2.33. The number of rotatable bonds is 8. The molecule has 2 aromatic carbocycles. The second-order valence-corrected chi connectivity index (χ2v) is 9.29. The van der Waals surface area contributed by atoms with E-state index in [4.69, 9.17) is 17.0 Å². The van der Waals surface area contributed by atoms with Crippen molar-refractivity contribution in [2.24, 2.45) is 0 Å². The van der Waals surface area contributed by atoms with Gasteiger partial charge in [0.15, 0.2) is 0 Å². The van der Waals surface area contributed by atoms with E-state index in [2.05, 4.69) is 31.2 Å². The van der Waals surface area contributed by atoms with Crippen molar-refractivity contribution in [2.75, 3.05) is 23.1 Å². The summed E-state index contributed by atoms with van der Waals surface area (Å²) in [6.07, 6.45) is -4.53. The second-order valence-electron chi connectivity index (χ2n) is 7.20. The molecule has 2 aromatic rings. The first-order valence-electron chi connectivity index (χ1n) is 9.44. The lowest BCUT2D eigenvalue weighted by Crippen LogP contribution is -2.41. The van der Waals surface area contributed by atoms with Crippen molar-refractivity contribution in [3.05, 3.63) is 52.0 Å². The second kappa shape index (κ2) is 10.4. The molecule has 33 heavy (non-hydrogen) atoms. The third kappa shape index (κ3) is 6.23. The first-order valence-corrected chi connectivity index (χ1v) is 13.2. The van der Waals surface area contributed by atoms with Crippen LogP contribution in [0.4, 0.5) is 30.2 Å². The Morgan fingerprint density at radius 2 is 2.03 bits per heavy atom. The van der Waals surface area contributed by atoms with Crippen molar-refractivity contribution in [1.29, 1.82) is 5.41 Å². The molecule has 13 heteroatoms. The van der Waals surface area contributed by atoms with Gasteiger partial charge in [-0.25, -0.2) is 0 Å². The largest absolute Gasteiger partial charge is 0.405 e. The Bertz CT molecular complexity index is 1120. The quantitative estimate of drug-likeness (QED) is 0.179. The number of carbonyl (C=O) groups is 2. The van der Waals surface area contributed by atoms with Gasteiger partial charge in [0.1, 0.15) is 13.1 Å². The highest BCUT2D eigenvalue weighted by Crippen LogP contribution is 2.36.